The number of carbonyl (C=O) groups excluding carboxylic acids is 1. The van der Waals surface area contributed by atoms with Crippen molar-refractivity contribution in [2.45, 2.75) is 13.3 Å². The van der Waals surface area contributed by atoms with Crippen LogP contribution in [0.4, 0.5) is 0 Å². The second-order valence-corrected chi connectivity index (χ2v) is 1.60. The van der Waals surface area contributed by atoms with E-state index in [0.29, 0.717) is 12.1 Å². The molecule has 0 rings (SSSR count). The topological polar surface area (TPSA) is 52.3 Å². The Labute approximate surface area is 54.5 Å². The number of ether oxygens (including phenoxy) is 1. The van der Waals surface area contributed by atoms with Gasteiger partial charge in [-0.2, -0.15) is 0 Å². The standard InChI is InChI=1S/C6H11NO2/c1-3-5(7)4-6(8)9-2/h4H,3,7H2,1-2H3/b5-4+. The van der Waals surface area contributed by atoms with Gasteiger partial charge in [0.1, 0.15) is 0 Å². The van der Waals surface area contributed by atoms with Gasteiger partial charge < -0.3 is 10.5 Å². The van der Waals surface area contributed by atoms with Crippen molar-refractivity contribution in [3.63, 3.8) is 0 Å². The van der Waals surface area contributed by atoms with Crippen molar-refractivity contribution in [2.75, 3.05) is 7.11 Å². The summed E-state index contributed by atoms with van der Waals surface area (Å²) in [6.07, 6.45) is 1.95. The Morgan fingerprint density at radius 1 is 1.78 bits per heavy atom. The SMILES string of the molecule is CC/C(N)=C\C(=O)OC. The van der Waals surface area contributed by atoms with E-state index in [1.165, 1.54) is 13.2 Å². The molecule has 0 aromatic carbocycles. The molecule has 0 radical (unpaired) electrons. The summed E-state index contributed by atoms with van der Waals surface area (Å²) in [5, 5.41) is 0. The Morgan fingerprint density at radius 2 is 2.33 bits per heavy atom. The summed E-state index contributed by atoms with van der Waals surface area (Å²) in [5.41, 5.74) is 5.85. The molecule has 0 saturated heterocycles. The van der Waals surface area contributed by atoms with E-state index in [4.69, 9.17) is 5.73 Å². The van der Waals surface area contributed by atoms with Gasteiger partial charge >= 0.3 is 5.97 Å². The van der Waals surface area contributed by atoms with Gasteiger partial charge in [-0.1, -0.05) is 6.92 Å². The third-order valence-corrected chi connectivity index (χ3v) is 0.913. The van der Waals surface area contributed by atoms with Crippen molar-refractivity contribution in [1.82, 2.24) is 0 Å². The summed E-state index contributed by atoms with van der Waals surface area (Å²) < 4.78 is 4.33. The minimum atomic E-state index is -0.394. The number of nitrogens with two attached hydrogens (primary N) is 1. The molecule has 0 amide bonds. The third-order valence-electron chi connectivity index (χ3n) is 0.913. The molecule has 52 valence electrons. The van der Waals surface area contributed by atoms with Crippen molar-refractivity contribution in [1.29, 1.82) is 0 Å². The number of methoxy groups -OCH3 is 1. The molecule has 3 nitrogen and oxygen atoms in total. The summed E-state index contributed by atoms with van der Waals surface area (Å²) in [6.45, 7) is 1.87. The van der Waals surface area contributed by atoms with Gasteiger partial charge in [-0.05, 0) is 6.42 Å². The van der Waals surface area contributed by atoms with Gasteiger partial charge in [-0.25, -0.2) is 4.79 Å². The molecule has 0 unspecified atom stereocenters. The van der Waals surface area contributed by atoms with E-state index in [1.54, 1.807) is 0 Å². The highest BCUT2D eigenvalue weighted by Gasteiger charge is 1.92. The molecular weight excluding hydrogens is 118 g/mol. The molecule has 0 bridgehead atoms. The second-order valence-electron chi connectivity index (χ2n) is 1.60. The molecule has 0 saturated carbocycles. The van der Waals surface area contributed by atoms with E-state index in [0.717, 1.165) is 0 Å². The van der Waals surface area contributed by atoms with Crippen LogP contribution in [0.2, 0.25) is 0 Å². The molecule has 0 atom stereocenters. The highest BCUT2D eigenvalue weighted by molar-refractivity contribution is 5.82. The summed E-state index contributed by atoms with van der Waals surface area (Å²) in [5.74, 6) is -0.394. The lowest BCUT2D eigenvalue weighted by atomic mass is 10.3. The molecule has 0 aliphatic rings. The normalized spacial score (nSPS) is 11.1. The van der Waals surface area contributed by atoms with Gasteiger partial charge in [0.2, 0.25) is 0 Å². The first kappa shape index (κ1) is 8.01. The molecule has 3 heteroatoms. The zero-order valence-corrected chi connectivity index (χ0v) is 5.68. The highest BCUT2D eigenvalue weighted by Crippen LogP contribution is 1.89. The van der Waals surface area contributed by atoms with E-state index in [1.807, 2.05) is 6.92 Å². The number of allylic oxidation sites excluding steroid dienone is 1. The molecule has 0 aliphatic carbocycles. The van der Waals surface area contributed by atoms with Gasteiger partial charge in [0.25, 0.3) is 0 Å². The number of hydrogen-bond donors (Lipinski definition) is 1. The average molecular weight is 129 g/mol. The van der Waals surface area contributed by atoms with Gasteiger partial charge in [-0.15, -0.1) is 0 Å². The minimum Gasteiger partial charge on any atom is -0.466 e. The van der Waals surface area contributed by atoms with Crippen molar-refractivity contribution in [3.8, 4) is 0 Å². The zero-order valence-electron chi connectivity index (χ0n) is 5.68. The van der Waals surface area contributed by atoms with Crippen molar-refractivity contribution in [3.05, 3.63) is 11.8 Å². The van der Waals surface area contributed by atoms with Gasteiger partial charge in [-0.3, -0.25) is 0 Å². The van der Waals surface area contributed by atoms with E-state index < -0.39 is 5.97 Å². The summed E-state index contributed by atoms with van der Waals surface area (Å²) in [4.78, 5) is 10.4. The van der Waals surface area contributed by atoms with Gasteiger partial charge in [0, 0.05) is 11.8 Å². The molecule has 0 fully saturated rings. The number of esters is 1. The van der Waals surface area contributed by atoms with E-state index in [9.17, 15) is 4.79 Å². The Bertz CT molecular complexity index is 129. The molecule has 9 heavy (non-hydrogen) atoms. The molecule has 0 aromatic heterocycles. The van der Waals surface area contributed by atoms with Crippen LogP contribution in [0.5, 0.6) is 0 Å². The molecule has 0 aromatic rings. The van der Waals surface area contributed by atoms with Crippen LogP contribution in [0.15, 0.2) is 11.8 Å². The Kier molecular flexibility index (Phi) is 3.51. The molecular formula is C6H11NO2. The Hall–Kier alpha value is -0.990. The average Bonchev–Trinajstić information content (AvgIpc) is 1.87. The van der Waals surface area contributed by atoms with E-state index >= 15 is 0 Å². The lowest BCUT2D eigenvalue weighted by Crippen LogP contribution is -2.02. The largest absolute Gasteiger partial charge is 0.466 e. The first-order valence-electron chi connectivity index (χ1n) is 2.74. The van der Waals surface area contributed by atoms with Crippen molar-refractivity contribution < 1.29 is 9.53 Å². The predicted molar refractivity (Wildman–Crippen MR) is 34.6 cm³/mol. The van der Waals surface area contributed by atoms with Crippen LogP contribution in [0.1, 0.15) is 13.3 Å². The fourth-order valence-electron chi connectivity index (χ4n) is 0.312. The van der Waals surface area contributed by atoms with Crippen LogP contribution in [0.3, 0.4) is 0 Å². The van der Waals surface area contributed by atoms with Gasteiger partial charge in [0.15, 0.2) is 0 Å². The highest BCUT2D eigenvalue weighted by atomic mass is 16.5. The first-order valence-corrected chi connectivity index (χ1v) is 2.74. The van der Waals surface area contributed by atoms with Crippen LogP contribution >= 0.6 is 0 Å². The molecule has 2 N–H and O–H groups in total. The van der Waals surface area contributed by atoms with Gasteiger partial charge in [0.05, 0.1) is 7.11 Å². The van der Waals surface area contributed by atoms with Crippen LogP contribution in [0.25, 0.3) is 0 Å². The molecule has 0 heterocycles. The maximum atomic E-state index is 10.4. The Balaban J connectivity index is 3.79. The maximum Gasteiger partial charge on any atom is 0.332 e. The van der Waals surface area contributed by atoms with Crippen LogP contribution in [-0.2, 0) is 9.53 Å². The smallest absolute Gasteiger partial charge is 0.332 e. The quantitative estimate of drug-likeness (QED) is 0.434. The predicted octanol–water partition coefficient (Wildman–Crippen LogP) is 0.412. The van der Waals surface area contributed by atoms with Crippen molar-refractivity contribution >= 4 is 5.97 Å². The number of carbonyl (C=O) groups is 1. The number of hydrogen-bond acceptors (Lipinski definition) is 3. The van der Waals surface area contributed by atoms with Crippen LogP contribution in [0, 0.1) is 0 Å². The van der Waals surface area contributed by atoms with E-state index in [2.05, 4.69) is 4.74 Å². The van der Waals surface area contributed by atoms with Crippen LogP contribution < -0.4 is 5.73 Å². The minimum absolute atomic E-state index is 0.394. The van der Waals surface area contributed by atoms with Crippen LogP contribution in [-0.4, -0.2) is 13.1 Å². The molecule has 0 spiro atoms. The summed E-state index contributed by atoms with van der Waals surface area (Å²) in [6, 6.07) is 0. The summed E-state index contributed by atoms with van der Waals surface area (Å²) >= 11 is 0. The summed E-state index contributed by atoms with van der Waals surface area (Å²) in [7, 11) is 1.32. The third kappa shape index (κ3) is 3.58. The monoisotopic (exact) mass is 129 g/mol. The maximum absolute atomic E-state index is 10.4. The van der Waals surface area contributed by atoms with Crippen molar-refractivity contribution in [2.24, 2.45) is 5.73 Å². The first-order chi connectivity index (χ1) is 4.20. The fourth-order valence-corrected chi connectivity index (χ4v) is 0.312. The number of rotatable bonds is 2. The molecule has 0 aliphatic heterocycles. The zero-order chi connectivity index (χ0) is 7.28. The fraction of sp³-hybridized carbons (Fsp3) is 0.500. The van der Waals surface area contributed by atoms with E-state index in [-0.39, 0.29) is 0 Å². The lowest BCUT2D eigenvalue weighted by Gasteiger charge is -1.93. The lowest BCUT2D eigenvalue weighted by molar-refractivity contribution is -0.134. The second kappa shape index (κ2) is 3.95. The Morgan fingerprint density at radius 3 is 2.67 bits per heavy atom.